The summed E-state index contributed by atoms with van der Waals surface area (Å²) in [6.07, 6.45) is 0.432. The van der Waals surface area contributed by atoms with E-state index in [-0.39, 0.29) is 35.7 Å². The summed E-state index contributed by atoms with van der Waals surface area (Å²) in [5, 5.41) is 3.23. The smallest absolute Gasteiger partial charge is 0.223 e. The SMILES string of the molecule is CN=C(NCCC(=O)N(C)C)N1CCN(c2ccccc2F)CC1.I. The van der Waals surface area contributed by atoms with Gasteiger partial charge < -0.3 is 20.0 Å². The van der Waals surface area contributed by atoms with Gasteiger partial charge in [-0.3, -0.25) is 9.79 Å². The molecule has 0 aromatic heterocycles. The Morgan fingerprint density at radius 1 is 1.24 bits per heavy atom. The van der Waals surface area contributed by atoms with Crippen LogP contribution in [0.1, 0.15) is 6.42 Å². The quantitative estimate of drug-likeness (QED) is 0.419. The third-order valence-corrected chi connectivity index (χ3v) is 4.10. The normalized spacial score (nSPS) is 14.8. The fraction of sp³-hybridized carbons (Fsp3) is 0.529. The molecule has 0 spiro atoms. The van der Waals surface area contributed by atoms with Crippen molar-refractivity contribution in [2.24, 2.45) is 4.99 Å². The summed E-state index contributed by atoms with van der Waals surface area (Å²) < 4.78 is 13.9. The number of benzene rings is 1. The molecule has 25 heavy (non-hydrogen) atoms. The van der Waals surface area contributed by atoms with Gasteiger partial charge in [0, 0.05) is 60.3 Å². The largest absolute Gasteiger partial charge is 0.366 e. The second-order valence-corrected chi connectivity index (χ2v) is 5.94. The highest BCUT2D eigenvalue weighted by Crippen LogP contribution is 2.20. The van der Waals surface area contributed by atoms with Crippen LogP contribution in [0, 0.1) is 5.82 Å². The predicted octanol–water partition coefficient (Wildman–Crippen LogP) is 1.62. The maximum absolute atomic E-state index is 13.9. The molecule has 1 saturated heterocycles. The molecule has 6 nitrogen and oxygen atoms in total. The molecule has 1 amide bonds. The van der Waals surface area contributed by atoms with Gasteiger partial charge >= 0.3 is 0 Å². The van der Waals surface area contributed by atoms with E-state index in [1.54, 1.807) is 32.1 Å². The number of amides is 1. The van der Waals surface area contributed by atoms with E-state index in [4.69, 9.17) is 0 Å². The van der Waals surface area contributed by atoms with Crippen LogP contribution in [0.25, 0.3) is 0 Å². The number of carbonyl (C=O) groups excluding carboxylic acids is 1. The van der Waals surface area contributed by atoms with Gasteiger partial charge in [0.25, 0.3) is 0 Å². The Hall–Kier alpha value is -1.58. The number of anilines is 1. The summed E-state index contributed by atoms with van der Waals surface area (Å²) >= 11 is 0. The van der Waals surface area contributed by atoms with Crippen molar-refractivity contribution in [3.8, 4) is 0 Å². The van der Waals surface area contributed by atoms with Crippen molar-refractivity contribution < 1.29 is 9.18 Å². The van der Waals surface area contributed by atoms with Crippen LogP contribution in [0.3, 0.4) is 0 Å². The first kappa shape index (κ1) is 21.5. The number of hydrogen-bond donors (Lipinski definition) is 1. The maximum Gasteiger partial charge on any atom is 0.223 e. The predicted molar refractivity (Wildman–Crippen MR) is 110 cm³/mol. The minimum atomic E-state index is -0.185. The topological polar surface area (TPSA) is 51.2 Å². The van der Waals surface area contributed by atoms with Gasteiger partial charge in [-0.2, -0.15) is 0 Å². The molecule has 8 heteroatoms. The molecule has 1 aliphatic rings. The fourth-order valence-electron chi connectivity index (χ4n) is 2.70. The lowest BCUT2D eigenvalue weighted by atomic mass is 10.2. The van der Waals surface area contributed by atoms with Crippen molar-refractivity contribution in [2.45, 2.75) is 6.42 Å². The van der Waals surface area contributed by atoms with E-state index in [1.807, 2.05) is 12.1 Å². The molecule has 1 aromatic carbocycles. The molecule has 0 bridgehead atoms. The molecule has 1 fully saturated rings. The second kappa shape index (κ2) is 10.4. The van der Waals surface area contributed by atoms with Gasteiger partial charge in [0.2, 0.25) is 5.91 Å². The number of nitrogens with zero attached hydrogens (tertiary/aromatic N) is 4. The van der Waals surface area contributed by atoms with Gasteiger partial charge in [0.1, 0.15) is 5.82 Å². The molecule has 1 N–H and O–H groups in total. The number of nitrogens with one attached hydrogen (secondary N) is 1. The molecule has 1 aliphatic heterocycles. The van der Waals surface area contributed by atoms with E-state index < -0.39 is 0 Å². The number of rotatable bonds is 4. The Kier molecular flexibility index (Phi) is 8.95. The van der Waals surface area contributed by atoms with Crippen molar-refractivity contribution in [1.29, 1.82) is 0 Å². The van der Waals surface area contributed by atoms with Crippen molar-refractivity contribution >= 4 is 41.5 Å². The van der Waals surface area contributed by atoms with Gasteiger partial charge in [-0.05, 0) is 12.1 Å². The standard InChI is InChI=1S/C17H26FN5O.HI/c1-19-17(20-9-8-16(24)21(2)3)23-12-10-22(11-13-23)15-7-5-4-6-14(15)18;/h4-7H,8-13H2,1-3H3,(H,19,20);1H. The summed E-state index contributed by atoms with van der Waals surface area (Å²) in [4.78, 5) is 21.7. The molecule has 1 heterocycles. The van der Waals surface area contributed by atoms with Crippen LogP contribution in [0.2, 0.25) is 0 Å². The summed E-state index contributed by atoms with van der Waals surface area (Å²) in [5.41, 5.74) is 0.650. The Labute approximate surface area is 166 Å². The Bertz CT molecular complexity index is 588. The van der Waals surface area contributed by atoms with Gasteiger partial charge in [0.05, 0.1) is 5.69 Å². The third kappa shape index (κ3) is 6.02. The monoisotopic (exact) mass is 463 g/mol. The van der Waals surface area contributed by atoms with Crippen LogP contribution < -0.4 is 10.2 Å². The second-order valence-electron chi connectivity index (χ2n) is 5.94. The van der Waals surface area contributed by atoms with Gasteiger partial charge in [-0.25, -0.2) is 4.39 Å². The third-order valence-electron chi connectivity index (χ3n) is 4.10. The molecular weight excluding hydrogens is 436 g/mol. The number of piperazine rings is 1. The zero-order valence-corrected chi connectivity index (χ0v) is 17.4. The number of aliphatic imine (C=N–C) groups is 1. The minimum absolute atomic E-state index is 0. The Balaban J connectivity index is 0.00000312. The van der Waals surface area contributed by atoms with Crippen LogP contribution >= 0.6 is 24.0 Å². The Morgan fingerprint density at radius 2 is 1.88 bits per heavy atom. The van der Waals surface area contributed by atoms with E-state index in [2.05, 4.69) is 20.1 Å². The highest BCUT2D eigenvalue weighted by atomic mass is 127. The van der Waals surface area contributed by atoms with Crippen LogP contribution in [0.15, 0.2) is 29.3 Å². The molecule has 2 rings (SSSR count). The summed E-state index contributed by atoms with van der Waals surface area (Å²) in [6.45, 7) is 3.54. The molecule has 0 unspecified atom stereocenters. The van der Waals surface area contributed by atoms with Gasteiger partial charge in [-0.15, -0.1) is 24.0 Å². The number of hydrogen-bond acceptors (Lipinski definition) is 3. The molecule has 0 aliphatic carbocycles. The van der Waals surface area contributed by atoms with Crippen molar-refractivity contribution in [2.75, 3.05) is 58.8 Å². The first-order valence-corrected chi connectivity index (χ1v) is 8.18. The molecule has 0 atom stereocenters. The summed E-state index contributed by atoms with van der Waals surface area (Å²) in [7, 11) is 5.23. The van der Waals surface area contributed by atoms with Crippen molar-refractivity contribution in [1.82, 2.24) is 15.1 Å². The van der Waals surface area contributed by atoms with Gasteiger partial charge in [-0.1, -0.05) is 12.1 Å². The van der Waals surface area contributed by atoms with Crippen LogP contribution in [-0.4, -0.2) is 75.5 Å². The van der Waals surface area contributed by atoms with Crippen LogP contribution in [0.5, 0.6) is 0 Å². The highest BCUT2D eigenvalue weighted by Gasteiger charge is 2.21. The van der Waals surface area contributed by atoms with E-state index >= 15 is 0 Å². The first-order chi connectivity index (χ1) is 11.5. The van der Waals surface area contributed by atoms with Crippen LogP contribution in [-0.2, 0) is 4.79 Å². The van der Waals surface area contributed by atoms with Crippen molar-refractivity contribution in [3.05, 3.63) is 30.1 Å². The molecule has 1 aromatic rings. The lowest BCUT2D eigenvalue weighted by molar-refractivity contribution is -0.128. The molecule has 0 saturated carbocycles. The van der Waals surface area contributed by atoms with E-state index in [1.165, 1.54) is 6.07 Å². The average molecular weight is 463 g/mol. The molecule has 140 valence electrons. The summed E-state index contributed by atoms with van der Waals surface area (Å²) in [5.74, 6) is 0.688. The minimum Gasteiger partial charge on any atom is -0.366 e. The number of halogens is 2. The van der Waals surface area contributed by atoms with E-state index in [9.17, 15) is 9.18 Å². The average Bonchev–Trinajstić information content (AvgIpc) is 2.59. The first-order valence-electron chi connectivity index (χ1n) is 8.18. The zero-order valence-electron chi connectivity index (χ0n) is 15.0. The lowest BCUT2D eigenvalue weighted by Gasteiger charge is -2.37. The number of carbonyl (C=O) groups is 1. The van der Waals surface area contributed by atoms with Crippen molar-refractivity contribution in [3.63, 3.8) is 0 Å². The fourth-order valence-corrected chi connectivity index (χ4v) is 2.70. The maximum atomic E-state index is 13.9. The highest BCUT2D eigenvalue weighted by molar-refractivity contribution is 14.0. The molecular formula is C17H27FIN5O. The zero-order chi connectivity index (χ0) is 17.5. The Morgan fingerprint density at radius 3 is 2.44 bits per heavy atom. The number of guanidine groups is 1. The van der Waals surface area contributed by atoms with E-state index in [0.717, 1.165) is 32.1 Å². The van der Waals surface area contributed by atoms with E-state index in [0.29, 0.717) is 18.7 Å². The molecule has 0 radical (unpaired) electrons. The lowest BCUT2D eigenvalue weighted by Crippen LogP contribution is -2.53. The summed E-state index contributed by atoms with van der Waals surface area (Å²) in [6, 6.07) is 6.86. The van der Waals surface area contributed by atoms with Gasteiger partial charge in [0.15, 0.2) is 5.96 Å². The number of para-hydroxylation sites is 1. The van der Waals surface area contributed by atoms with Crippen LogP contribution in [0.4, 0.5) is 10.1 Å².